The molecule has 1 amide bonds. The molecule has 0 aromatic heterocycles. The lowest BCUT2D eigenvalue weighted by Gasteiger charge is -2.33. The van der Waals surface area contributed by atoms with Gasteiger partial charge in [-0.15, -0.1) is 0 Å². The van der Waals surface area contributed by atoms with Crippen molar-refractivity contribution in [3.8, 4) is 0 Å². The SMILES string of the molecule is CCN(CC)Cc1c(F)cc(/C=C/C2NNC3CC([C@@H]4C[C@@]45C(=O)Nc4ccccc45)CCC23)cc1F. The molecule has 7 heteroatoms. The molecule has 2 aromatic rings. The number of nitrogens with zero attached hydrogens (tertiary/aromatic N) is 1. The quantitative estimate of drug-likeness (QED) is 0.495. The molecule has 1 spiro atoms. The molecule has 196 valence electrons. The molecule has 2 aliphatic heterocycles. The van der Waals surface area contributed by atoms with Gasteiger partial charge in [0, 0.05) is 29.9 Å². The van der Waals surface area contributed by atoms with Crippen LogP contribution in [0.1, 0.15) is 56.2 Å². The summed E-state index contributed by atoms with van der Waals surface area (Å²) in [4.78, 5) is 14.9. The molecule has 1 saturated heterocycles. The molecule has 4 unspecified atom stereocenters. The van der Waals surface area contributed by atoms with E-state index in [9.17, 15) is 13.6 Å². The lowest BCUT2D eigenvalue weighted by atomic mass is 9.73. The second-order valence-corrected chi connectivity index (χ2v) is 11.2. The highest BCUT2D eigenvalue weighted by atomic mass is 19.1. The van der Waals surface area contributed by atoms with Gasteiger partial charge in [0.2, 0.25) is 5.91 Å². The molecule has 3 fully saturated rings. The number of hydrogen-bond donors (Lipinski definition) is 3. The Morgan fingerprint density at radius 1 is 1.08 bits per heavy atom. The summed E-state index contributed by atoms with van der Waals surface area (Å²) in [5, 5.41) is 3.10. The fourth-order valence-electron chi connectivity index (χ4n) is 7.21. The van der Waals surface area contributed by atoms with Crippen molar-refractivity contribution in [3.63, 3.8) is 0 Å². The average Bonchev–Trinajstić information content (AvgIpc) is 3.43. The first-order valence-electron chi connectivity index (χ1n) is 13.7. The maximum absolute atomic E-state index is 14.7. The van der Waals surface area contributed by atoms with Gasteiger partial charge in [-0.2, -0.15) is 0 Å². The van der Waals surface area contributed by atoms with E-state index in [4.69, 9.17) is 0 Å². The molecule has 37 heavy (non-hydrogen) atoms. The Morgan fingerprint density at radius 3 is 2.59 bits per heavy atom. The molecule has 5 nitrogen and oxygen atoms in total. The van der Waals surface area contributed by atoms with Crippen molar-refractivity contribution >= 4 is 17.7 Å². The minimum Gasteiger partial charge on any atom is -0.325 e. The van der Waals surface area contributed by atoms with Gasteiger partial charge in [0.15, 0.2) is 0 Å². The van der Waals surface area contributed by atoms with Crippen LogP contribution < -0.4 is 16.2 Å². The third-order valence-electron chi connectivity index (χ3n) is 9.42. The summed E-state index contributed by atoms with van der Waals surface area (Å²) < 4.78 is 29.5. The number of halogens is 2. The zero-order valence-electron chi connectivity index (χ0n) is 21.6. The molecule has 2 aliphatic carbocycles. The molecule has 2 heterocycles. The van der Waals surface area contributed by atoms with Crippen molar-refractivity contribution in [2.24, 2.45) is 17.8 Å². The van der Waals surface area contributed by atoms with Crippen molar-refractivity contribution < 1.29 is 13.6 Å². The summed E-state index contributed by atoms with van der Waals surface area (Å²) in [6, 6.07) is 11.4. The predicted octanol–water partition coefficient (Wildman–Crippen LogP) is 4.99. The molecule has 4 aliphatic rings. The predicted molar refractivity (Wildman–Crippen MR) is 142 cm³/mol. The molecule has 6 atom stereocenters. The number of carbonyl (C=O) groups is 1. The highest BCUT2D eigenvalue weighted by molar-refractivity contribution is 6.08. The van der Waals surface area contributed by atoms with Crippen LogP contribution in [0.3, 0.4) is 0 Å². The molecule has 6 rings (SSSR count). The van der Waals surface area contributed by atoms with E-state index in [1.807, 2.05) is 49.1 Å². The Morgan fingerprint density at radius 2 is 1.84 bits per heavy atom. The van der Waals surface area contributed by atoms with Gasteiger partial charge >= 0.3 is 0 Å². The Labute approximate surface area is 217 Å². The lowest BCUT2D eigenvalue weighted by molar-refractivity contribution is -0.118. The number of hydrogen-bond acceptors (Lipinski definition) is 4. The summed E-state index contributed by atoms with van der Waals surface area (Å²) in [6.07, 6.45) is 8.00. The van der Waals surface area contributed by atoms with E-state index in [1.165, 1.54) is 17.7 Å². The minimum atomic E-state index is -0.488. The van der Waals surface area contributed by atoms with Crippen molar-refractivity contribution in [1.82, 2.24) is 15.8 Å². The number of para-hydroxylation sites is 1. The van der Waals surface area contributed by atoms with Crippen molar-refractivity contribution in [3.05, 3.63) is 70.8 Å². The van der Waals surface area contributed by atoms with Crippen molar-refractivity contribution in [1.29, 1.82) is 0 Å². The number of amides is 1. The van der Waals surface area contributed by atoms with Gasteiger partial charge in [-0.05, 0) is 85.9 Å². The maximum atomic E-state index is 14.7. The van der Waals surface area contributed by atoms with Crippen LogP contribution >= 0.6 is 0 Å². The van der Waals surface area contributed by atoms with E-state index in [2.05, 4.69) is 22.2 Å². The van der Waals surface area contributed by atoms with Crippen LogP contribution in [0.2, 0.25) is 0 Å². The van der Waals surface area contributed by atoms with Gasteiger partial charge in [0.25, 0.3) is 0 Å². The third kappa shape index (κ3) is 4.21. The largest absolute Gasteiger partial charge is 0.325 e. The number of nitrogens with one attached hydrogen (secondary N) is 3. The monoisotopic (exact) mass is 506 g/mol. The first-order valence-corrected chi connectivity index (χ1v) is 13.7. The number of hydrazine groups is 1. The molecular formula is C30H36F2N4O. The van der Waals surface area contributed by atoms with Gasteiger partial charge < -0.3 is 5.32 Å². The van der Waals surface area contributed by atoms with Crippen LogP contribution in [0, 0.1) is 29.4 Å². The number of fused-ring (bicyclic) bond motifs is 3. The summed E-state index contributed by atoms with van der Waals surface area (Å²) in [5.74, 6) is 0.521. The second kappa shape index (κ2) is 9.61. The molecular weight excluding hydrogens is 470 g/mol. The molecule has 0 bridgehead atoms. The number of benzene rings is 2. The highest BCUT2D eigenvalue weighted by Gasteiger charge is 2.67. The van der Waals surface area contributed by atoms with Gasteiger partial charge in [-0.25, -0.2) is 8.78 Å². The van der Waals surface area contributed by atoms with E-state index in [-0.39, 0.29) is 29.5 Å². The molecule has 2 aromatic carbocycles. The third-order valence-corrected chi connectivity index (χ3v) is 9.42. The standard InChI is InChI=1S/C30H36F2N4O/c1-3-36(4-2)17-21-24(31)13-18(14-25(21)32)9-12-26-20-11-10-19(15-28(20)35-34-26)23-16-30(23)22-7-5-6-8-27(22)33-29(30)37/h5-9,12-14,19-20,23,26,28,34-35H,3-4,10-11,15-17H2,1-2H3,(H,33,37)/b12-9+/t19?,20?,23-,26?,28?,30-/m0/s1. The number of carbonyl (C=O) groups excluding carboxylic acids is 1. The van der Waals surface area contributed by atoms with E-state index < -0.39 is 11.6 Å². The van der Waals surface area contributed by atoms with E-state index in [1.54, 1.807) is 0 Å². The fourth-order valence-corrected chi connectivity index (χ4v) is 7.21. The summed E-state index contributed by atoms with van der Waals surface area (Å²) >= 11 is 0. The van der Waals surface area contributed by atoms with Gasteiger partial charge in [0.05, 0.1) is 5.41 Å². The zero-order valence-corrected chi connectivity index (χ0v) is 21.6. The van der Waals surface area contributed by atoms with Gasteiger partial charge in [-0.3, -0.25) is 20.5 Å². The molecule has 3 N–H and O–H groups in total. The summed E-state index contributed by atoms with van der Waals surface area (Å²) in [5.41, 5.74) is 9.38. The topological polar surface area (TPSA) is 56.4 Å². The maximum Gasteiger partial charge on any atom is 0.235 e. The Hall–Kier alpha value is -2.61. The average molecular weight is 507 g/mol. The smallest absolute Gasteiger partial charge is 0.235 e. The van der Waals surface area contributed by atoms with Crippen LogP contribution in [0.5, 0.6) is 0 Å². The normalized spacial score (nSPS) is 32.2. The lowest BCUT2D eigenvalue weighted by Crippen LogP contribution is -2.37. The van der Waals surface area contributed by atoms with Crippen LogP contribution in [0.15, 0.2) is 42.5 Å². The van der Waals surface area contributed by atoms with E-state index in [0.29, 0.717) is 29.4 Å². The van der Waals surface area contributed by atoms with Crippen LogP contribution in [0.4, 0.5) is 14.5 Å². The zero-order chi connectivity index (χ0) is 25.7. The number of anilines is 1. The summed E-state index contributed by atoms with van der Waals surface area (Å²) in [6.45, 7) is 5.77. The highest BCUT2D eigenvalue weighted by Crippen LogP contribution is 2.64. The van der Waals surface area contributed by atoms with Crippen molar-refractivity contribution in [2.45, 2.75) is 63.6 Å². The second-order valence-electron chi connectivity index (χ2n) is 11.2. The minimum absolute atomic E-state index is 0.107. The van der Waals surface area contributed by atoms with Gasteiger partial charge in [0.1, 0.15) is 11.6 Å². The fraction of sp³-hybridized carbons (Fsp3) is 0.500. The van der Waals surface area contributed by atoms with Crippen LogP contribution in [0.25, 0.3) is 6.08 Å². The van der Waals surface area contributed by atoms with E-state index in [0.717, 1.165) is 44.5 Å². The van der Waals surface area contributed by atoms with Gasteiger partial charge in [-0.1, -0.05) is 44.2 Å². The number of rotatable bonds is 7. The Bertz CT molecular complexity index is 1200. The van der Waals surface area contributed by atoms with Crippen LogP contribution in [-0.4, -0.2) is 36.0 Å². The van der Waals surface area contributed by atoms with E-state index >= 15 is 0 Å². The van der Waals surface area contributed by atoms with Crippen LogP contribution in [-0.2, 0) is 16.8 Å². The first kappa shape index (κ1) is 24.7. The Kier molecular flexibility index (Phi) is 6.42. The molecule has 0 radical (unpaired) electrons. The van der Waals surface area contributed by atoms with Crippen molar-refractivity contribution in [2.75, 3.05) is 18.4 Å². The first-order chi connectivity index (χ1) is 17.9. The molecule has 2 saturated carbocycles. The Balaban J connectivity index is 1.10. The summed E-state index contributed by atoms with van der Waals surface area (Å²) in [7, 11) is 0.